The molecule has 1 aromatic rings. The second-order valence-electron chi connectivity index (χ2n) is 6.42. The molecular weight excluding hydrogens is 286 g/mol. The fourth-order valence-electron chi connectivity index (χ4n) is 2.30. The van der Waals surface area contributed by atoms with Gasteiger partial charge in [-0.2, -0.15) is 0 Å². The summed E-state index contributed by atoms with van der Waals surface area (Å²) in [6, 6.07) is 3.82. The third kappa shape index (κ3) is 5.08. The van der Waals surface area contributed by atoms with Crippen molar-refractivity contribution >= 4 is 11.6 Å². The van der Waals surface area contributed by atoms with Crippen LogP contribution in [0.2, 0.25) is 5.02 Å². The highest BCUT2D eigenvalue weighted by Gasteiger charge is 2.25. The molecule has 0 aromatic heterocycles. The second kappa shape index (κ2) is 7.90. The van der Waals surface area contributed by atoms with Crippen LogP contribution in [-0.4, -0.2) is 27.3 Å². The lowest BCUT2D eigenvalue weighted by Crippen LogP contribution is -2.28. The molecule has 1 rings (SSSR count). The van der Waals surface area contributed by atoms with Crippen LogP contribution in [0.5, 0.6) is 11.5 Å². The lowest BCUT2D eigenvalue weighted by molar-refractivity contribution is 0.352. The predicted molar refractivity (Wildman–Crippen MR) is 89.9 cm³/mol. The highest BCUT2D eigenvalue weighted by Crippen LogP contribution is 2.39. The molecule has 0 aliphatic rings. The van der Waals surface area contributed by atoms with Crippen LogP contribution in [0.4, 0.5) is 0 Å². The average Bonchev–Trinajstić information content (AvgIpc) is 2.42. The lowest BCUT2D eigenvalue weighted by atomic mass is 9.81. The van der Waals surface area contributed by atoms with Crippen LogP contribution in [0, 0.1) is 5.92 Å². The van der Waals surface area contributed by atoms with Crippen LogP contribution in [-0.2, 0) is 5.41 Å². The number of hydrogen-bond donors (Lipinski definition) is 1. The maximum absolute atomic E-state index is 6.43. The average molecular weight is 314 g/mol. The van der Waals surface area contributed by atoms with E-state index < -0.39 is 0 Å². The van der Waals surface area contributed by atoms with Gasteiger partial charge in [0.25, 0.3) is 0 Å². The van der Waals surface area contributed by atoms with Gasteiger partial charge >= 0.3 is 0 Å². The van der Waals surface area contributed by atoms with E-state index in [0.717, 1.165) is 35.8 Å². The molecule has 0 amide bonds. The maximum Gasteiger partial charge on any atom is 0.162 e. The Bertz CT molecular complexity index is 458. The van der Waals surface area contributed by atoms with Gasteiger partial charge in [-0.3, -0.25) is 0 Å². The van der Waals surface area contributed by atoms with Gasteiger partial charge in [0.05, 0.1) is 14.2 Å². The Labute approximate surface area is 134 Å². The first-order chi connectivity index (χ1) is 9.81. The van der Waals surface area contributed by atoms with Gasteiger partial charge in [-0.25, -0.2) is 0 Å². The first kappa shape index (κ1) is 18.1. The summed E-state index contributed by atoms with van der Waals surface area (Å²) in [4.78, 5) is 0. The van der Waals surface area contributed by atoms with Crippen LogP contribution >= 0.6 is 11.6 Å². The Morgan fingerprint density at radius 2 is 1.71 bits per heavy atom. The van der Waals surface area contributed by atoms with Gasteiger partial charge in [-0.05, 0) is 42.5 Å². The molecule has 0 fully saturated rings. The van der Waals surface area contributed by atoms with Crippen molar-refractivity contribution in [3.63, 3.8) is 0 Å². The van der Waals surface area contributed by atoms with Gasteiger partial charge < -0.3 is 14.8 Å². The molecular formula is C17H28ClNO2. The molecule has 0 atom stereocenters. The molecule has 0 unspecified atom stereocenters. The third-order valence-electron chi connectivity index (χ3n) is 3.68. The Kier molecular flexibility index (Phi) is 6.82. The quantitative estimate of drug-likeness (QED) is 0.727. The Morgan fingerprint density at radius 1 is 1.14 bits per heavy atom. The smallest absolute Gasteiger partial charge is 0.162 e. The SMILES string of the molecule is COc1cc(Cl)c(C(C)(C)CCNCC(C)C)cc1OC. The minimum absolute atomic E-state index is 0.0272. The molecule has 3 nitrogen and oxygen atoms in total. The van der Waals surface area contributed by atoms with E-state index in [2.05, 4.69) is 33.0 Å². The summed E-state index contributed by atoms with van der Waals surface area (Å²) in [6.45, 7) is 10.8. The highest BCUT2D eigenvalue weighted by molar-refractivity contribution is 6.31. The van der Waals surface area contributed by atoms with Crippen molar-refractivity contribution in [3.8, 4) is 11.5 Å². The molecule has 1 N–H and O–H groups in total. The van der Waals surface area contributed by atoms with E-state index in [9.17, 15) is 0 Å². The first-order valence-electron chi connectivity index (χ1n) is 7.44. The van der Waals surface area contributed by atoms with Crippen molar-refractivity contribution in [1.82, 2.24) is 5.32 Å². The van der Waals surface area contributed by atoms with Crippen LogP contribution < -0.4 is 14.8 Å². The van der Waals surface area contributed by atoms with Gasteiger partial charge in [0.2, 0.25) is 0 Å². The Hall–Kier alpha value is -0.930. The maximum atomic E-state index is 6.43. The van der Waals surface area contributed by atoms with Crippen molar-refractivity contribution in [2.75, 3.05) is 27.3 Å². The molecule has 4 heteroatoms. The molecule has 120 valence electrons. The van der Waals surface area contributed by atoms with Crippen LogP contribution in [0.25, 0.3) is 0 Å². The monoisotopic (exact) mass is 313 g/mol. The zero-order chi connectivity index (χ0) is 16.0. The molecule has 0 radical (unpaired) electrons. The van der Waals surface area contributed by atoms with Gasteiger partial charge in [-0.15, -0.1) is 0 Å². The van der Waals surface area contributed by atoms with Gasteiger partial charge in [0.1, 0.15) is 0 Å². The number of methoxy groups -OCH3 is 2. The standard InChI is InChI=1S/C17H28ClNO2/c1-12(2)11-19-8-7-17(3,4)13-9-15(20-5)16(21-6)10-14(13)18/h9-10,12,19H,7-8,11H2,1-6H3. The van der Waals surface area contributed by atoms with Gasteiger partial charge in [0, 0.05) is 11.1 Å². The molecule has 0 aliphatic heterocycles. The van der Waals surface area contributed by atoms with E-state index in [1.165, 1.54) is 0 Å². The first-order valence-corrected chi connectivity index (χ1v) is 7.82. The normalized spacial score (nSPS) is 11.8. The fourth-order valence-corrected chi connectivity index (χ4v) is 2.71. The molecule has 0 bridgehead atoms. The van der Waals surface area contributed by atoms with Crippen molar-refractivity contribution in [2.45, 2.75) is 39.5 Å². The highest BCUT2D eigenvalue weighted by atomic mass is 35.5. The number of halogens is 1. The molecule has 0 heterocycles. The summed E-state index contributed by atoms with van der Waals surface area (Å²) in [7, 11) is 3.27. The predicted octanol–water partition coefficient (Wildman–Crippen LogP) is 4.27. The van der Waals surface area contributed by atoms with E-state index in [-0.39, 0.29) is 5.41 Å². The summed E-state index contributed by atoms with van der Waals surface area (Å²) in [5, 5.41) is 4.21. The molecule has 0 aliphatic carbocycles. The summed E-state index contributed by atoms with van der Waals surface area (Å²) in [5.41, 5.74) is 1.06. The second-order valence-corrected chi connectivity index (χ2v) is 6.83. The summed E-state index contributed by atoms with van der Waals surface area (Å²) >= 11 is 6.43. The summed E-state index contributed by atoms with van der Waals surface area (Å²) in [6.07, 6.45) is 1.01. The lowest BCUT2D eigenvalue weighted by Gasteiger charge is -2.27. The zero-order valence-electron chi connectivity index (χ0n) is 14.0. The molecule has 0 saturated carbocycles. The van der Waals surface area contributed by atoms with Crippen molar-refractivity contribution in [2.24, 2.45) is 5.92 Å². The Balaban J connectivity index is 2.86. The third-order valence-corrected chi connectivity index (χ3v) is 3.99. The van der Waals surface area contributed by atoms with Gasteiger partial charge in [0.15, 0.2) is 11.5 Å². The van der Waals surface area contributed by atoms with Crippen molar-refractivity contribution < 1.29 is 9.47 Å². The minimum Gasteiger partial charge on any atom is -0.493 e. The summed E-state index contributed by atoms with van der Waals surface area (Å²) in [5.74, 6) is 2.05. The van der Waals surface area contributed by atoms with E-state index >= 15 is 0 Å². The molecule has 0 saturated heterocycles. The number of hydrogen-bond acceptors (Lipinski definition) is 3. The minimum atomic E-state index is -0.0272. The molecule has 0 spiro atoms. The van der Waals surface area contributed by atoms with E-state index in [1.54, 1.807) is 14.2 Å². The summed E-state index contributed by atoms with van der Waals surface area (Å²) < 4.78 is 10.7. The van der Waals surface area contributed by atoms with Crippen molar-refractivity contribution in [3.05, 3.63) is 22.7 Å². The van der Waals surface area contributed by atoms with Crippen LogP contribution in [0.3, 0.4) is 0 Å². The topological polar surface area (TPSA) is 30.5 Å². The van der Waals surface area contributed by atoms with Crippen LogP contribution in [0.15, 0.2) is 12.1 Å². The fraction of sp³-hybridized carbons (Fsp3) is 0.647. The van der Waals surface area contributed by atoms with Crippen molar-refractivity contribution in [1.29, 1.82) is 0 Å². The van der Waals surface area contributed by atoms with Crippen LogP contribution in [0.1, 0.15) is 39.7 Å². The zero-order valence-corrected chi connectivity index (χ0v) is 14.8. The van der Waals surface area contributed by atoms with E-state index in [0.29, 0.717) is 11.7 Å². The molecule has 1 aromatic carbocycles. The number of ether oxygens (including phenoxy) is 2. The number of rotatable bonds is 8. The number of benzene rings is 1. The Morgan fingerprint density at radius 3 is 2.24 bits per heavy atom. The van der Waals surface area contributed by atoms with Gasteiger partial charge in [-0.1, -0.05) is 39.3 Å². The van der Waals surface area contributed by atoms with E-state index in [4.69, 9.17) is 21.1 Å². The van der Waals surface area contributed by atoms with E-state index in [1.807, 2.05) is 12.1 Å². The largest absolute Gasteiger partial charge is 0.493 e. The molecule has 21 heavy (non-hydrogen) atoms. The number of nitrogens with one attached hydrogen (secondary N) is 1.